The molecule has 4 aromatic rings. The predicted molar refractivity (Wildman–Crippen MR) is 225 cm³/mol. The van der Waals surface area contributed by atoms with E-state index in [1.807, 2.05) is 71.6 Å². The zero-order valence-corrected chi connectivity index (χ0v) is 33.7. The maximum absolute atomic E-state index is 14.2. The van der Waals surface area contributed by atoms with Crippen molar-refractivity contribution in [3.63, 3.8) is 0 Å². The van der Waals surface area contributed by atoms with Crippen LogP contribution in [-0.2, 0) is 9.53 Å². The van der Waals surface area contributed by atoms with Crippen LogP contribution in [0.15, 0.2) is 97.1 Å². The largest absolute Gasteiger partial charge is 0.493 e. The van der Waals surface area contributed by atoms with Gasteiger partial charge in [0, 0.05) is 37.2 Å². The molecule has 1 saturated heterocycles. The highest BCUT2D eigenvalue weighted by Crippen LogP contribution is 2.44. The number of fused-ring (bicyclic) bond motifs is 3. The molecule has 0 bridgehead atoms. The third-order valence-electron chi connectivity index (χ3n) is 11.2. The van der Waals surface area contributed by atoms with Gasteiger partial charge >= 0.3 is 6.09 Å². The molecule has 0 aromatic heterocycles. The van der Waals surface area contributed by atoms with Crippen LogP contribution in [-0.4, -0.2) is 86.3 Å². The number of carbonyl (C=O) groups excluding carboxylic acids is 3. The van der Waals surface area contributed by atoms with E-state index in [2.05, 4.69) is 60.6 Å². The normalized spacial score (nSPS) is 14.4. The molecule has 10 heteroatoms. The molecule has 1 atom stereocenters. The number of benzene rings is 4. The van der Waals surface area contributed by atoms with Gasteiger partial charge in [-0.25, -0.2) is 4.79 Å². The first-order valence-electron chi connectivity index (χ1n) is 20.8. The topological polar surface area (TPSA) is 109 Å². The van der Waals surface area contributed by atoms with Crippen molar-refractivity contribution in [2.24, 2.45) is 5.92 Å². The SMILES string of the molecule is CCCCOc1cc(OCCCN(CC)CC)ccc1NC(=O)C(CC1CCN(C(=O)c2ccccc2)CC1)NC(=O)OCC1c2ccccc2-c2ccccc21. The molecule has 0 saturated carbocycles. The maximum Gasteiger partial charge on any atom is 0.407 e. The number of carbonyl (C=O) groups is 3. The summed E-state index contributed by atoms with van der Waals surface area (Å²) >= 11 is 0. The second-order valence-electron chi connectivity index (χ2n) is 14.9. The average molecular weight is 775 g/mol. The Morgan fingerprint density at radius 2 is 1.44 bits per heavy atom. The number of anilines is 1. The minimum absolute atomic E-state index is 0.00651. The first-order chi connectivity index (χ1) is 27.9. The van der Waals surface area contributed by atoms with E-state index in [4.69, 9.17) is 14.2 Å². The summed E-state index contributed by atoms with van der Waals surface area (Å²) in [5.41, 5.74) is 5.69. The van der Waals surface area contributed by atoms with Gasteiger partial charge in [-0.15, -0.1) is 0 Å². The second kappa shape index (κ2) is 20.7. The quantitative estimate of drug-likeness (QED) is 0.0918. The number of unbranched alkanes of at least 4 members (excludes halogenated alkanes) is 1. The maximum atomic E-state index is 14.2. The summed E-state index contributed by atoms with van der Waals surface area (Å²) in [6.07, 6.45) is 3.88. The Bertz CT molecular complexity index is 1880. The fraction of sp³-hybridized carbons (Fsp3) is 0.426. The molecule has 1 aliphatic carbocycles. The first-order valence-corrected chi connectivity index (χ1v) is 20.8. The fourth-order valence-electron chi connectivity index (χ4n) is 7.86. The van der Waals surface area contributed by atoms with Gasteiger partial charge in [0.15, 0.2) is 0 Å². The number of ether oxygens (including phenoxy) is 3. The Balaban J connectivity index is 1.14. The Morgan fingerprint density at radius 1 is 0.789 bits per heavy atom. The number of amides is 3. The number of hydrogen-bond donors (Lipinski definition) is 2. The van der Waals surface area contributed by atoms with E-state index >= 15 is 0 Å². The van der Waals surface area contributed by atoms with Gasteiger partial charge in [0.1, 0.15) is 24.1 Å². The zero-order valence-electron chi connectivity index (χ0n) is 33.7. The monoisotopic (exact) mass is 774 g/mol. The predicted octanol–water partition coefficient (Wildman–Crippen LogP) is 8.76. The number of alkyl carbamates (subject to hydrolysis) is 1. The molecule has 1 unspecified atom stereocenters. The number of nitrogens with one attached hydrogen (secondary N) is 2. The van der Waals surface area contributed by atoms with Crippen LogP contribution in [0.3, 0.4) is 0 Å². The van der Waals surface area contributed by atoms with Gasteiger partial charge in [-0.3, -0.25) is 9.59 Å². The molecule has 2 aliphatic rings. The number of piperidine rings is 1. The minimum Gasteiger partial charge on any atom is -0.493 e. The summed E-state index contributed by atoms with van der Waals surface area (Å²) in [6, 6.07) is 30.3. The lowest BCUT2D eigenvalue weighted by Gasteiger charge is -2.33. The Hall–Kier alpha value is -5.35. The average Bonchev–Trinajstić information content (AvgIpc) is 3.57. The van der Waals surface area contributed by atoms with Gasteiger partial charge in [-0.1, -0.05) is 93.9 Å². The van der Waals surface area contributed by atoms with Gasteiger partial charge in [-0.05, 0) is 97.6 Å². The number of rotatable bonds is 19. The number of nitrogens with zero attached hydrogens (tertiary/aromatic N) is 2. The van der Waals surface area contributed by atoms with Crippen molar-refractivity contribution >= 4 is 23.6 Å². The molecule has 3 amide bonds. The summed E-state index contributed by atoms with van der Waals surface area (Å²) in [5.74, 6) is 0.825. The van der Waals surface area contributed by atoms with Crippen LogP contribution in [0.2, 0.25) is 0 Å². The summed E-state index contributed by atoms with van der Waals surface area (Å²) in [6.45, 7) is 11.7. The van der Waals surface area contributed by atoms with E-state index in [1.165, 1.54) is 0 Å². The van der Waals surface area contributed by atoms with Crippen LogP contribution in [0.5, 0.6) is 11.5 Å². The highest BCUT2D eigenvalue weighted by molar-refractivity contribution is 5.98. The van der Waals surface area contributed by atoms with Crippen molar-refractivity contribution in [2.75, 3.05) is 57.9 Å². The van der Waals surface area contributed by atoms with Crippen molar-refractivity contribution in [3.8, 4) is 22.6 Å². The van der Waals surface area contributed by atoms with Gasteiger partial charge in [0.05, 0.1) is 18.9 Å². The molecule has 6 rings (SSSR count). The van der Waals surface area contributed by atoms with Crippen LogP contribution in [0.1, 0.15) is 86.7 Å². The molecule has 0 spiro atoms. The summed E-state index contributed by atoms with van der Waals surface area (Å²) in [4.78, 5) is 45.2. The Kier molecular flexibility index (Phi) is 15.0. The van der Waals surface area contributed by atoms with E-state index in [9.17, 15) is 14.4 Å². The van der Waals surface area contributed by atoms with Crippen LogP contribution < -0.4 is 20.1 Å². The van der Waals surface area contributed by atoms with E-state index < -0.39 is 12.1 Å². The van der Waals surface area contributed by atoms with Crippen molar-refractivity contribution in [1.82, 2.24) is 15.1 Å². The summed E-state index contributed by atoms with van der Waals surface area (Å²) in [7, 11) is 0. The van der Waals surface area contributed by atoms with Crippen LogP contribution >= 0.6 is 0 Å². The lowest BCUT2D eigenvalue weighted by atomic mass is 9.89. The van der Waals surface area contributed by atoms with Gasteiger partial charge in [-0.2, -0.15) is 0 Å². The Labute approximate surface area is 337 Å². The molecule has 2 N–H and O–H groups in total. The molecule has 0 radical (unpaired) electrons. The van der Waals surface area contributed by atoms with Gasteiger partial charge in [0.2, 0.25) is 5.91 Å². The summed E-state index contributed by atoms with van der Waals surface area (Å²) < 4.78 is 18.2. The van der Waals surface area contributed by atoms with Crippen molar-refractivity contribution in [1.29, 1.82) is 0 Å². The fourth-order valence-corrected chi connectivity index (χ4v) is 7.86. The van der Waals surface area contributed by atoms with Crippen molar-refractivity contribution in [3.05, 3.63) is 114 Å². The standard InChI is InChI=1S/C47H58N4O6/c1-4-7-29-56-44-32-36(55-30-15-26-50(5-2)6-3)22-23-42(44)48-45(52)43(31-34-24-27-51(28-25-34)46(53)35-16-9-8-10-17-35)49-47(54)57-33-41-39-20-13-11-18-37(39)38-19-12-14-21-40(38)41/h8-14,16-23,32,34,41,43H,4-7,15,24-31,33H2,1-3H3,(H,48,52)(H,49,54). The third kappa shape index (κ3) is 10.9. The van der Waals surface area contributed by atoms with Crippen molar-refractivity contribution in [2.45, 2.75) is 71.3 Å². The lowest BCUT2D eigenvalue weighted by Crippen LogP contribution is -2.47. The molecule has 1 aliphatic heterocycles. The number of hydrogen-bond acceptors (Lipinski definition) is 7. The number of likely N-dealkylation sites (tertiary alicyclic amines) is 1. The highest BCUT2D eigenvalue weighted by atomic mass is 16.5. The van der Waals surface area contributed by atoms with E-state index in [1.54, 1.807) is 6.07 Å². The van der Waals surface area contributed by atoms with Gasteiger partial charge < -0.3 is 34.6 Å². The lowest BCUT2D eigenvalue weighted by molar-refractivity contribution is -0.118. The zero-order chi connectivity index (χ0) is 40.0. The third-order valence-corrected chi connectivity index (χ3v) is 11.2. The molecular formula is C47H58N4O6. The van der Waals surface area contributed by atoms with Crippen LogP contribution in [0.4, 0.5) is 10.5 Å². The smallest absolute Gasteiger partial charge is 0.407 e. The minimum atomic E-state index is -0.887. The van der Waals surface area contributed by atoms with E-state index in [0.717, 1.165) is 61.2 Å². The highest BCUT2D eigenvalue weighted by Gasteiger charge is 2.32. The molecule has 10 nitrogen and oxygen atoms in total. The van der Waals surface area contributed by atoms with E-state index in [-0.39, 0.29) is 30.3 Å². The molecule has 1 heterocycles. The van der Waals surface area contributed by atoms with Crippen molar-refractivity contribution < 1.29 is 28.6 Å². The Morgan fingerprint density at radius 3 is 2.11 bits per heavy atom. The van der Waals surface area contributed by atoms with Crippen LogP contribution in [0, 0.1) is 5.92 Å². The molecule has 1 fully saturated rings. The second-order valence-corrected chi connectivity index (χ2v) is 14.9. The molecule has 4 aromatic carbocycles. The van der Waals surface area contributed by atoms with Gasteiger partial charge in [0.25, 0.3) is 5.91 Å². The molecule has 57 heavy (non-hydrogen) atoms. The summed E-state index contributed by atoms with van der Waals surface area (Å²) in [5, 5.41) is 6.00. The van der Waals surface area contributed by atoms with E-state index in [0.29, 0.717) is 68.3 Å². The molecule has 302 valence electrons. The molecular weight excluding hydrogens is 717 g/mol. The first kappa shape index (κ1) is 41.3. The van der Waals surface area contributed by atoms with Crippen LogP contribution in [0.25, 0.3) is 11.1 Å².